The van der Waals surface area contributed by atoms with Crippen molar-refractivity contribution in [2.24, 2.45) is 0 Å². The summed E-state index contributed by atoms with van der Waals surface area (Å²) in [6, 6.07) is 0. The second-order valence-corrected chi connectivity index (χ2v) is 2.14. The second-order valence-electron chi connectivity index (χ2n) is 2.14. The van der Waals surface area contributed by atoms with E-state index in [0.29, 0.717) is 0 Å². The molecule has 60 valence electrons. The van der Waals surface area contributed by atoms with Crippen molar-refractivity contribution >= 4 is 6.79 Å². The number of carbonyl (C=O) groups is 1. The van der Waals surface area contributed by atoms with Crippen LogP contribution in [0.3, 0.4) is 0 Å². The van der Waals surface area contributed by atoms with Crippen molar-refractivity contribution in [1.82, 2.24) is 0 Å². The highest BCUT2D eigenvalue weighted by Gasteiger charge is 1.81. The smallest absolute Gasteiger partial charge is 0.106 e. The van der Waals surface area contributed by atoms with Crippen LogP contribution in [-0.2, 0) is 4.79 Å². The first-order chi connectivity index (χ1) is 4.91. The summed E-state index contributed by atoms with van der Waals surface area (Å²) in [6.07, 6.45) is 8.61. The van der Waals surface area contributed by atoms with Crippen LogP contribution in [0.15, 0.2) is 12.7 Å². The van der Waals surface area contributed by atoms with Crippen LogP contribution in [0, 0.1) is 0 Å². The SMILES string of the molecule is C=CCCCCCC.C=O. The van der Waals surface area contributed by atoms with Gasteiger partial charge in [-0.3, -0.25) is 0 Å². The number of rotatable bonds is 5. The van der Waals surface area contributed by atoms with E-state index in [2.05, 4.69) is 13.5 Å². The number of hydrogen-bond donors (Lipinski definition) is 0. The van der Waals surface area contributed by atoms with Gasteiger partial charge in [0.1, 0.15) is 6.79 Å². The Hall–Kier alpha value is -0.590. The van der Waals surface area contributed by atoms with Crippen LogP contribution in [0.4, 0.5) is 0 Å². The molecule has 0 saturated heterocycles. The monoisotopic (exact) mass is 142 g/mol. The maximum Gasteiger partial charge on any atom is 0.106 e. The summed E-state index contributed by atoms with van der Waals surface area (Å²) >= 11 is 0. The van der Waals surface area contributed by atoms with Gasteiger partial charge in [-0.15, -0.1) is 6.58 Å². The maximum absolute atomic E-state index is 8.00. The molecule has 0 spiro atoms. The first-order valence-corrected chi connectivity index (χ1v) is 3.81. The van der Waals surface area contributed by atoms with E-state index in [0.717, 1.165) is 0 Å². The molecular formula is C9H18O. The first-order valence-electron chi connectivity index (χ1n) is 3.81. The summed E-state index contributed by atoms with van der Waals surface area (Å²) in [6.45, 7) is 7.89. The molecule has 0 aliphatic heterocycles. The van der Waals surface area contributed by atoms with Gasteiger partial charge in [0.2, 0.25) is 0 Å². The van der Waals surface area contributed by atoms with Crippen molar-refractivity contribution in [2.45, 2.75) is 39.0 Å². The molecule has 0 atom stereocenters. The maximum atomic E-state index is 8.00. The van der Waals surface area contributed by atoms with Crippen molar-refractivity contribution in [3.05, 3.63) is 12.7 Å². The fraction of sp³-hybridized carbons (Fsp3) is 0.667. The molecule has 0 fully saturated rings. The molecule has 10 heavy (non-hydrogen) atoms. The van der Waals surface area contributed by atoms with Crippen molar-refractivity contribution in [3.8, 4) is 0 Å². The van der Waals surface area contributed by atoms with Crippen LogP contribution < -0.4 is 0 Å². The Morgan fingerprint density at radius 2 is 1.80 bits per heavy atom. The van der Waals surface area contributed by atoms with Gasteiger partial charge in [-0.25, -0.2) is 0 Å². The minimum atomic E-state index is 1.19. The van der Waals surface area contributed by atoms with Crippen molar-refractivity contribution in [1.29, 1.82) is 0 Å². The molecule has 1 nitrogen and oxygen atoms in total. The lowest BCUT2D eigenvalue weighted by atomic mass is 10.2. The Balaban J connectivity index is 0. The van der Waals surface area contributed by atoms with Gasteiger partial charge in [0, 0.05) is 0 Å². The summed E-state index contributed by atoms with van der Waals surface area (Å²) in [4.78, 5) is 8.00. The van der Waals surface area contributed by atoms with Crippen molar-refractivity contribution in [2.75, 3.05) is 0 Å². The van der Waals surface area contributed by atoms with Crippen LogP contribution >= 0.6 is 0 Å². The molecule has 0 N–H and O–H groups in total. The number of unbranched alkanes of at least 4 members (excludes halogenated alkanes) is 4. The molecule has 0 rings (SSSR count). The largest absolute Gasteiger partial charge is 0.307 e. The standard InChI is InChI=1S/C8H16.CH2O/c1-3-5-7-8-6-4-2;1-2/h3H,1,4-8H2,2H3;1H2. The van der Waals surface area contributed by atoms with E-state index in [-0.39, 0.29) is 0 Å². The second kappa shape index (κ2) is 15.8. The third-order valence-corrected chi connectivity index (χ3v) is 1.26. The number of carbonyl (C=O) groups excluding carboxylic acids is 1. The highest BCUT2D eigenvalue weighted by molar-refractivity contribution is 5.10. The predicted octanol–water partition coefficient (Wildman–Crippen LogP) is 2.96. The van der Waals surface area contributed by atoms with Gasteiger partial charge in [-0.2, -0.15) is 0 Å². The van der Waals surface area contributed by atoms with E-state index in [4.69, 9.17) is 4.79 Å². The van der Waals surface area contributed by atoms with E-state index in [1.165, 1.54) is 32.1 Å². The van der Waals surface area contributed by atoms with Crippen LogP contribution in [0.1, 0.15) is 39.0 Å². The number of hydrogen-bond acceptors (Lipinski definition) is 1. The minimum Gasteiger partial charge on any atom is -0.307 e. The summed E-state index contributed by atoms with van der Waals surface area (Å²) in [7, 11) is 0. The lowest BCUT2D eigenvalue weighted by molar-refractivity contribution is -0.0979. The van der Waals surface area contributed by atoms with Gasteiger partial charge in [-0.1, -0.05) is 32.3 Å². The van der Waals surface area contributed by atoms with Gasteiger partial charge >= 0.3 is 0 Å². The molecule has 0 aromatic rings. The van der Waals surface area contributed by atoms with Crippen LogP contribution in [0.5, 0.6) is 0 Å². The molecular weight excluding hydrogens is 124 g/mol. The minimum absolute atomic E-state index is 1.19. The molecule has 0 bridgehead atoms. The van der Waals surface area contributed by atoms with Gasteiger partial charge in [0.25, 0.3) is 0 Å². The summed E-state index contributed by atoms with van der Waals surface area (Å²) in [5.41, 5.74) is 0. The normalized spacial score (nSPS) is 7.70. The first kappa shape index (κ1) is 12.1. The predicted molar refractivity (Wildman–Crippen MR) is 46.1 cm³/mol. The Labute approximate surface area is 64.1 Å². The molecule has 0 amide bonds. The Bertz CT molecular complexity index is 59.7. The van der Waals surface area contributed by atoms with Crippen LogP contribution in [0.25, 0.3) is 0 Å². The van der Waals surface area contributed by atoms with Crippen molar-refractivity contribution in [3.63, 3.8) is 0 Å². The van der Waals surface area contributed by atoms with Gasteiger partial charge in [0.05, 0.1) is 0 Å². The highest BCUT2D eigenvalue weighted by atomic mass is 16.1. The molecule has 0 heterocycles. The number of allylic oxidation sites excluding steroid dienone is 1. The lowest BCUT2D eigenvalue weighted by Gasteiger charge is -1.91. The zero-order chi connectivity index (χ0) is 8.24. The average molecular weight is 142 g/mol. The van der Waals surface area contributed by atoms with Gasteiger partial charge in [-0.05, 0) is 12.8 Å². The zero-order valence-electron chi connectivity index (χ0n) is 6.94. The zero-order valence-corrected chi connectivity index (χ0v) is 6.94. The van der Waals surface area contributed by atoms with E-state index >= 15 is 0 Å². The average Bonchev–Trinajstić information content (AvgIpc) is 2.02. The summed E-state index contributed by atoms with van der Waals surface area (Å²) in [5.74, 6) is 0. The van der Waals surface area contributed by atoms with E-state index in [9.17, 15) is 0 Å². The van der Waals surface area contributed by atoms with Gasteiger partial charge < -0.3 is 4.79 Å². The molecule has 0 aliphatic rings. The highest BCUT2D eigenvalue weighted by Crippen LogP contribution is 2.01. The quantitative estimate of drug-likeness (QED) is 0.426. The van der Waals surface area contributed by atoms with Crippen LogP contribution in [0.2, 0.25) is 0 Å². The third kappa shape index (κ3) is 15.7. The fourth-order valence-corrected chi connectivity index (χ4v) is 0.715. The Morgan fingerprint density at radius 1 is 1.20 bits per heavy atom. The van der Waals surface area contributed by atoms with Gasteiger partial charge in [0.15, 0.2) is 0 Å². The fourth-order valence-electron chi connectivity index (χ4n) is 0.715. The van der Waals surface area contributed by atoms with Crippen molar-refractivity contribution < 1.29 is 4.79 Å². The van der Waals surface area contributed by atoms with E-state index in [1.54, 1.807) is 0 Å². The molecule has 0 aromatic carbocycles. The molecule has 0 aromatic heterocycles. The topological polar surface area (TPSA) is 17.1 Å². The molecule has 0 unspecified atom stereocenters. The lowest BCUT2D eigenvalue weighted by Crippen LogP contribution is -1.71. The summed E-state index contributed by atoms with van der Waals surface area (Å²) < 4.78 is 0. The van der Waals surface area contributed by atoms with E-state index in [1.807, 2.05) is 12.9 Å². The molecule has 0 radical (unpaired) electrons. The third-order valence-electron chi connectivity index (χ3n) is 1.26. The van der Waals surface area contributed by atoms with Crippen LogP contribution in [-0.4, -0.2) is 6.79 Å². The molecule has 1 heteroatoms. The molecule has 0 saturated carbocycles. The molecule has 0 aliphatic carbocycles. The Kier molecular flexibility index (Phi) is 19.1. The summed E-state index contributed by atoms with van der Waals surface area (Å²) in [5, 5.41) is 0. The van der Waals surface area contributed by atoms with E-state index < -0.39 is 0 Å². The Morgan fingerprint density at radius 3 is 2.20 bits per heavy atom.